The fourth-order valence-electron chi connectivity index (χ4n) is 7.70. The molecule has 2 saturated carbocycles. The zero-order valence-electron chi connectivity index (χ0n) is 16.5. The van der Waals surface area contributed by atoms with Gasteiger partial charge < -0.3 is 18.9 Å². The fourth-order valence-corrected chi connectivity index (χ4v) is 7.70. The van der Waals surface area contributed by atoms with Gasteiger partial charge in [-0.05, 0) is 44.9 Å². The van der Waals surface area contributed by atoms with Crippen LogP contribution in [-0.4, -0.2) is 43.3 Å². The van der Waals surface area contributed by atoms with Gasteiger partial charge >= 0.3 is 5.97 Å². The quantitative estimate of drug-likeness (QED) is 0.667. The highest BCUT2D eigenvalue weighted by Crippen LogP contribution is 2.70. The molecule has 0 bridgehead atoms. The van der Waals surface area contributed by atoms with Crippen molar-refractivity contribution in [1.29, 1.82) is 0 Å². The summed E-state index contributed by atoms with van der Waals surface area (Å²) in [5, 5.41) is 0. The van der Waals surface area contributed by atoms with E-state index in [-0.39, 0.29) is 46.3 Å². The Morgan fingerprint density at radius 3 is 2.69 bits per heavy atom. The molecule has 2 spiro atoms. The first kappa shape index (κ1) is 17.4. The Morgan fingerprint density at radius 2 is 1.96 bits per heavy atom. The maximum atomic E-state index is 12.8. The van der Waals surface area contributed by atoms with Gasteiger partial charge in [-0.1, -0.05) is 20.3 Å². The zero-order valence-corrected chi connectivity index (χ0v) is 16.5. The monoisotopic (exact) mass is 364 g/mol. The molecule has 146 valence electrons. The molecule has 5 fully saturated rings. The van der Waals surface area contributed by atoms with Crippen LogP contribution in [0.4, 0.5) is 0 Å². The lowest BCUT2D eigenvalue weighted by atomic mass is 9.44. The number of methoxy groups -OCH3 is 1. The molecule has 5 nitrogen and oxygen atoms in total. The highest BCUT2D eigenvalue weighted by atomic mass is 16.7. The largest absolute Gasteiger partial charge is 0.462 e. The second-order valence-corrected chi connectivity index (χ2v) is 10.1. The van der Waals surface area contributed by atoms with Crippen molar-refractivity contribution in [1.82, 2.24) is 0 Å². The summed E-state index contributed by atoms with van der Waals surface area (Å²) in [6, 6.07) is 0. The highest BCUT2D eigenvalue weighted by molar-refractivity contribution is 5.80. The Hall–Kier alpha value is -0.650. The van der Waals surface area contributed by atoms with E-state index in [1.165, 1.54) is 0 Å². The molecule has 0 radical (unpaired) electrons. The second-order valence-electron chi connectivity index (χ2n) is 10.1. The molecule has 26 heavy (non-hydrogen) atoms. The van der Waals surface area contributed by atoms with Crippen LogP contribution in [0.2, 0.25) is 0 Å². The number of ether oxygens (including phenoxy) is 4. The first-order valence-corrected chi connectivity index (χ1v) is 10.3. The summed E-state index contributed by atoms with van der Waals surface area (Å²) in [5.41, 5.74) is -0.772. The Kier molecular flexibility index (Phi) is 3.51. The number of carbonyl (C=O) groups is 1. The summed E-state index contributed by atoms with van der Waals surface area (Å²) >= 11 is 0. The molecule has 5 rings (SSSR count). The highest BCUT2D eigenvalue weighted by Gasteiger charge is 2.74. The van der Waals surface area contributed by atoms with Crippen molar-refractivity contribution >= 4 is 5.97 Å². The minimum Gasteiger partial charge on any atom is -0.462 e. The van der Waals surface area contributed by atoms with Crippen molar-refractivity contribution in [3.63, 3.8) is 0 Å². The van der Waals surface area contributed by atoms with Gasteiger partial charge in [-0.25, -0.2) is 0 Å². The van der Waals surface area contributed by atoms with Crippen LogP contribution >= 0.6 is 0 Å². The van der Waals surface area contributed by atoms with Gasteiger partial charge in [0.1, 0.15) is 6.10 Å². The van der Waals surface area contributed by atoms with Gasteiger partial charge in [0.2, 0.25) is 0 Å². The third-order valence-corrected chi connectivity index (χ3v) is 8.89. The molecule has 2 aliphatic carbocycles. The third kappa shape index (κ3) is 1.90. The van der Waals surface area contributed by atoms with E-state index in [0.29, 0.717) is 12.5 Å². The van der Waals surface area contributed by atoms with E-state index >= 15 is 0 Å². The average molecular weight is 364 g/mol. The Morgan fingerprint density at radius 1 is 1.15 bits per heavy atom. The molecule has 3 saturated heterocycles. The molecule has 0 amide bonds. The lowest BCUT2D eigenvalue weighted by Gasteiger charge is -2.62. The predicted octanol–water partition coefficient (Wildman–Crippen LogP) is 3.45. The minimum absolute atomic E-state index is 0.0247. The van der Waals surface area contributed by atoms with E-state index in [4.69, 9.17) is 18.9 Å². The topological polar surface area (TPSA) is 54.0 Å². The molecule has 0 aromatic heterocycles. The molecule has 2 unspecified atom stereocenters. The van der Waals surface area contributed by atoms with E-state index < -0.39 is 0 Å². The van der Waals surface area contributed by atoms with Crippen LogP contribution in [0.1, 0.15) is 65.7 Å². The van der Waals surface area contributed by atoms with Crippen molar-refractivity contribution in [3.8, 4) is 0 Å². The Labute approximate surface area is 156 Å². The maximum Gasteiger partial charge on any atom is 0.312 e. The Balaban J connectivity index is 1.55. The van der Waals surface area contributed by atoms with Crippen molar-refractivity contribution in [2.75, 3.05) is 13.7 Å². The molecule has 5 aliphatic rings. The number of rotatable bonds is 1. The molecular formula is C21H32O5. The smallest absolute Gasteiger partial charge is 0.312 e. The first-order valence-electron chi connectivity index (χ1n) is 10.3. The van der Waals surface area contributed by atoms with Crippen LogP contribution in [0, 0.1) is 22.7 Å². The molecular weight excluding hydrogens is 332 g/mol. The SMILES string of the molecule is COC1C[C@@]2(CC[C@@]3(O2)[C@H](C)C[C@H]2OC(=O)[C@@]4(C)CCC[C@@]3(C)C24)CO1. The first-order chi connectivity index (χ1) is 12.3. The predicted molar refractivity (Wildman–Crippen MR) is 94.4 cm³/mol. The van der Waals surface area contributed by atoms with E-state index in [1.807, 2.05) is 0 Å². The van der Waals surface area contributed by atoms with Crippen molar-refractivity contribution < 1.29 is 23.7 Å². The van der Waals surface area contributed by atoms with Crippen molar-refractivity contribution in [3.05, 3.63) is 0 Å². The third-order valence-electron chi connectivity index (χ3n) is 8.89. The maximum absolute atomic E-state index is 12.8. The molecule has 3 heterocycles. The zero-order chi connectivity index (χ0) is 18.4. The number of esters is 1. The number of hydrogen-bond acceptors (Lipinski definition) is 5. The normalized spacial score (nSPS) is 58.4. The molecule has 0 N–H and O–H groups in total. The Bertz CT molecular complexity index is 636. The molecule has 8 atom stereocenters. The number of hydrogen-bond donors (Lipinski definition) is 0. The van der Waals surface area contributed by atoms with Gasteiger partial charge in [-0.15, -0.1) is 0 Å². The summed E-state index contributed by atoms with van der Waals surface area (Å²) in [7, 11) is 1.71. The van der Waals surface area contributed by atoms with Crippen LogP contribution < -0.4 is 0 Å². The average Bonchev–Trinajstić information content (AvgIpc) is 3.25. The van der Waals surface area contributed by atoms with Crippen LogP contribution in [0.15, 0.2) is 0 Å². The summed E-state index contributed by atoms with van der Waals surface area (Å²) in [6.45, 7) is 7.47. The van der Waals surface area contributed by atoms with Gasteiger partial charge in [-0.3, -0.25) is 4.79 Å². The summed E-state index contributed by atoms with van der Waals surface area (Å²) in [5.74, 6) is 0.671. The summed E-state index contributed by atoms with van der Waals surface area (Å²) < 4.78 is 24.3. The lowest BCUT2D eigenvalue weighted by molar-refractivity contribution is -0.251. The van der Waals surface area contributed by atoms with Crippen molar-refractivity contribution in [2.45, 2.75) is 89.3 Å². The lowest BCUT2D eigenvalue weighted by Crippen LogP contribution is -2.65. The summed E-state index contributed by atoms with van der Waals surface area (Å²) in [4.78, 5) is 12.8. The standard InChI is InChI=1S/C21H32O5/c1-13-10-14-16-18(2,17(22)25-14)6-5-7-19(16,3)21(13)9-8-20(26-21)11-15(23-4)24-12-20/h13-16H,5-12H2,1-4H3/t13-,14-,15?,16?,18+,19+,20+,21-/m1/s1. The van der Waals surface area contributed by atoms with Crippen LogP contribution in [0.5, 0.6) is 0 Å². The van der Waals surface area contributed by atoms with Gasteiger partial charge in [0.15, 0.2) is 6.29 Å². The minimum atomic E-state index is -0.342. The molecule has 0 aromatic rings. The van der Waals surface area contributed by atoms with Crippen LogP contribution in [0.3, 0.4) is 0 Å². The van der Waals surface area contributed by atoms with Gasteiger partial charge in [-0.2, -0.15) is 0 Å². The number of carbonyl (C=O) groups excluding carboxylic acids is 1. The van der Waals surface area contributed by atoms with Gasteiger partial charge in [0, 0.05) is 24.9 Å². The van der Waals surface area contributed by atoms with Crippen LogP contribution in [0.25, 0.3) is 0 Å². The summed E-state index contributed by atoms with van der Waals surface area (Å²) in [6.07, 6.45) is 6.87. The van der Waals surface area contributed by atoms with E-state index in [1.54, 1.807) is 7.11 Å². The van der Waals surface area contributed by atoms with Gasteiger partial charge in [0.25, 0.3) is 0 Å². The van der Waals surface area contributed by atoms with E-state index in [9.17, 15) is 4.79 Å². The number of fused-ring (bicyclic) bond motifs is 1. The van der Waals surface area contributed by atoms with Crippen LogP contribution in [-0.2, 0) is 23.7 Å². The van der Waals surface area contributed by atoms with Gasteiger partial charge in [0.05, 0.1) is 23.2 Å². The van der Waals surface area contributed by atoms with E-state index in [2.05, 4.69) is 20.8 Å². The molecule has 5 heteroatoms. The second kappa shape index (κ2) is 5.24. The fraction of sp³-hybridized carbons (Fsp3) is 0.952. The molecule has 0 aromatic carbocycles. The van der Waals surface area contributed by atoms with Crippen molar-refractivity contribution in [2.24, 2.45) is 22.7 Å². The molecule has 3 aliphatic heterocycles. The van der Waals surface area contributed by atoms with E-state index in [0.717, 1.165) is 44.9 Å².